The van der Waals surface area contributed by atoms with Crippen molar-refractivity contribution < 1.29 is 4.74 Å². The fraction of sp³-hybridized carbons (Fsp3) is 0.706. The van der Waals surface area contributed by atoms with E-state index in [9.17, 15) is 0 Å². The second-order valence-electron chi connectivity index (χ2n) is 6.42. The monoisotopic (exact) mass is 364 g/mol. The maximum Gasteiger partial charge on any atom is 0.225 e. The maximum absolute atomic E-state index is 5.53. The van der Waals surface area contributed by atoms with Crippen LogP contribution < -0.4 is 10.2 Å². The highest BCUT2D eigenvalue weighted by Crippen LogP contribution is 2.33. The summed E-state index contributed by atoms with van der Waals surface area (Å²) in [7, 11) is 1.87. The van der Waals surface area contributed by atoms with Crippen LogP contribution in [-0.4, -0.2) is 84.8 Å². The van der Waals surface area contributed by atoms with E-state index in [1.54, 1.807) is 12.4 Å². The van der Waals surface area contributed by atoms with E-state index in [4.69, 9.17) is 4.74 Å². The topological polar surface area (TPSA) is 65.9 Å². The minimum Gasteiger partial charge on any atom is -0.381 e. The molecule has 0 bridgehead atoms. The summed E-state index contributed by atoms with van der Waals surface area (Å²) in [4.78, 5) is 17.7. The molecule has 1 N–H and O–H groups in total. The van der Waals surface area contributed by atoms with E-state index in [2.05, 4.69) is 36.3 Å². The summed E-state index contributed by atoms with van der Waals surface area (Å²) in [5.41, 5.74) is 0. The largest absolute Gasteiger partial charge is 0.381 e. The van der Waals surface area contributed by atoms with Gasteiger partial charge in [0, 0.05) is 70.1 Å². The molecule has 0 atom stereocenters. The van der Waals surface area contributed by atoms with Crippen molar-refractivity contribution in [3.63, 3.8) is 0 Å². The molecule has 0 saturated carbocycles. The standard InChI is InChI=1S/C17H28N6OS/c1-18-15(21-14-17(25-2)4-12-24-13-5-17)22-8-10-23(11-9-22)16-19-6-3-7-20-16/h3,6-7H,4-5,8-14H2,1-2H3,(H,18,21). The van der Waals surface area contributed by atoms with Crippen LogP contribution in [0, 0.1) is 0 Å². The van der Waals surface area contributed by atoms with Crippen LogP contribution in [0.1, 0.15) is 12.8 Å². The Morgan fingerprint density at radius 1 is 1.24 bits per heavy atom. The fourth-order valence-electron chi connectivity index (χ4n) is 3.34. The molecule has 2 aliphatic heterocycles. The van der Waals surface area contributed by atoms with Gasteiger partial charge in [0.05, 0.1) is 0 Å². The van der Waals surface area contributed by atoms with Crippen molar-refractivity contribution in [3.8, 4) is 0 Å². The van der Waals surface area contributed by atoms with Gasteiger partial charge >= 0.3 is 0 Å². The third-order valence-corrected chi connectivity index (χ3v) is 6.45. The number of hydrogen-bond acceptors (Lipinski definition) is 6. The van der Waals surface area contributed by atoms with Gasteiger partial charge in [0.1, 0.15) is 0 Å². The number of hydrogen-bond donors (Lipinski definition) is 1. The van der Waals surface area contributed by atoms with Gasteiger partial charge in [-0.2, -0.15) is 11.8 Å². The molecule has 2 fully saturated rings. The summed E-state index contributed by atoms with van der Waals surface area (Å²) in [6.45, 7) is 6.32. The Hall–Kier alpha value is -1.54. The van der Waals surface area contributed by atoms with Gasteiger partial charge in [-0.25, -0.2) is 9.97 Å². The Kier molecular flexibility index (Phi) is 6.36. The van der Waals surface area contributed by atoms with Gasteiger partial charge < -0.3 is 19.9 Å². The molecule has 138 valence electrons. The second-order valence-corrected chi connectivity index (χ2v) is 7.70. The number of nitrogens with one attached hydrogen (secondary N) is 1. The molecule has 0 amide bonds. The molecule has 0 aliphatic carbocycles. The van der Waals surface area contributed by atoms with Crippen molar-refractivity contribution in [2.75, 3.05) is 64.1 Å². The number of ether oxygens (including phenoxy) is 1. The minimum absolute atomic E-state index is 0.258. The lowest BCUT2D eigenvalue weighted by Gasteiger charge is -2.39. The van der Waals surface area contributed by atoms with Gasteiger partial charge in [-0.05, 0) is 25.2 Å². The first-order valence-electron chi connectivity index (χ1n) is 8.87. The average molecular weight is 365 g/mol. The highest BCUT2D eigenvalue weighted by molar-refractivity contribution is 8.00. The Balaban J connectivity index is 1.52. The molecule has 1 aromatic heterocycles. The first kappa shape index (κ1) is 18.3. The van der Waals surface area contributed by atoms with Crippen LogP contribution >= 0.6 is 11.8 Å². The first-order chi connectivity index (χ1) is 12.3. The third-order valence-electron chi connectivity index (χ3n) is 5.03. The van der Waals surface area contributed by atoms with E-state index < -0.39 is 0 Å². The van der Waals surface area contributed by atoms with E-state index in [1.807, 2.05) is 24.9 Å². The summed E-state index contributed by atoms with van der Waals surface area (Å²) < 4.78 is 5.79. The number of thioether (sulfide) groups is 1. The van der Waals surface area contributed by atoms with Crippen LogP contribution in [0.2, 0.25) is 0 Å². The zero-order chi connectivity index (χ0) is 17.5. The van der Waals surface area contributed by atoms with Gasteiger partial charge in [-0.1, -0.05) is 0 Å². The number of piperazine rings is 1. The van der Waals surface area contributed by atoms with E-state index in [-0.39, 0.29) is 4.75 Å². The number of aromatic nitrogens is 2. The van der Waals surface area contributed by atoms with Gasteiger partial charge in [0.2, 0.25) is 5.95 Å². The zero-order valence-electron chi connectivity index (χ0n) is 15.1. The lowest BCUT2D eigenvalue weighted by Crippen LogP contribution is -2.55. The fourth-order valence-corrected chi connectivity index (χ4v) is 4.13. The number of rotatable bonds is 4. The van der Waals surface area contributed by atoms with E-state index in [0.717, 1.165) is 70.7 Å². The Morgan fingerprint density at radius 2 is 1.92 bits per heavy atom. The van der Waals surface area contributed by atoms with Crippen molar-refractivity contribution >= 4 is 23.7 Å². The summed E-state index contributed by atoms with van der Waals surface area (Å²) in [6, 6.07) is 1.85. The summed E-state index contributed by atoms with van der Waals surface area (Å²) in [6.07, 6.45) is 7.98. The molecule has 7 nitrogen and oxygen atoms in total. The molecule has 8 heteroatoms. The third kappa shape index (κ3) is 4.55. The van der Waals surface area contributed by atoms with Crippen molar-refractivity contribution in [1.29, 1.82) is 0 Å². The van der Waals surface area contributed by atoms with Crippen LogP contribution in [-0.2, 0) is 4.74 Å². The van der Waals surface area contributed by atoms with Crippen LogP contribution in [0.5, 0.6) is 0 Å². The molecule has 0 radical (unpaired) electrons. The van der Waals surface area contributed by atoms with E-state index in [0.29, 0.717) is 0 Å². The lowest BCUT2D eigenvalue weighted by atomic mass is 9.99. The van der Waals surface area contributed by atoms with Crippen LogP contribution in [0.3, 0.4) is 0 Å². The molecular formula is C17H28N6OS. The molecule has 2 saturated heterocycles. The summed E-state index contributed by atoms with van der Waals surface area (Å²) in [5.74, 6) is 1.81. The number of nitrogens with zero attached hydrogens (tertiary/aromatic N) is 5. The quantitative estimate of drug-likeness (QED) is 0.634. The van der Waals surface area contributed by atoms with Crippen molar-refractivity contribution in [2.24, 2.45) is 4.99 Å². The van der Waals surface area contributed by atoms with Gasteiger partial charge in [-0.15, -0.1) is 0 Å². The summed E-state index contributed by atoms with van der Waals surface area (Å²) in [5, 5.41) is 3.60. The molecule has 1 aromatic rings. The molecular weight excluding hydrogens is 336 g/mol. The van der Waals surface area contributed by atoms with Gasteiger partial charge in [-0.3, -0.25) is 4.99 Å². The first-order valence-corrected chi connectivity index (χ1v) is 10.1. The molecule has 25 heavy (non-hydrogen) atoms. The molecule has 3 rings (SSSR count). The highest BCUT2D eigenvalue weighted by Gasteiger charge is 2.32. The van der Waals surface area contributed by atoms with E-state index >= 15 is 0 Å². The lowest BCUT2D eigenvalue weighted by molar-refractivity contribution is 0.0781. The van der Waals surface area contributed by atoms with Crippen molar-refractivity contribution in [1.82, 2.24) is 20.2 Å². The van der Waals surface area contributed by atoms with Gasteiger partial charge in [0.25, 0.3) is 0 Å². The predicted molar refractivity (Wildman–Crippen MR) is 103 cm³/mol. The molecule has 0 unspecified atom stereocenters. The van der Waals surface area contributed by atoms with Crippen molar-refractivity contribution in [3.05, 3.63) is 18.5 Å². The highest BCUT2D eigenvalue weighted by atomic mass is 32.2. The number of aliphatic imine (C=N–C) groups is 1. The Bertz CT molecular complexity index is 556. The smallest absolute Gasteiger partial charge is 0.225 e. The number of anilines is 1. The van der Waals surface area contributed by atoms with Crippen LogP contribution in [0.25, 0.3) is 0 Å². The van der Waals surface area contributed by atoms with Gasteiger partial charge in [0.15, 0.2) is 5.96 Å². The second kappa shape index (κ2) is 8.71. The summed E-state index contributed by atoms with van der Waals surface area (Å²) >= 11 is 1.95. The van der Waals surface area contributed by atoms with Crippen molar-refractivity contribution in [2.45, 2.75) is 17.6 Å². The normalized spacial score (nSPS) is 21.3. The Morgan fingerprint density at radius 3 is 2.52 bits per heavy atom. The van der Waals surface area contributed by atoms with Crippen LogP contribution in [0.15, 0.2) is 23.5 Å². The Labute approximate surface area is 154 Å². The predicted octanol–water partition coefficient (Wildman–Crippen LogP) is 1.09. The number of guanidine groups is 1. The van der Waals surface area contributed by atoms with E-state index in [1.165, 1.54) is 0 Å². The zero-order valence-corrected chi connectivity index (χ0v) is 16.0. The molecule has 0 spiro atoms. The minimum atomic E-state index is 0.258. The van der Waals surface area contributed by atoms with Crippen LogP contribution in [0.4, 0.5) is 5.95 Å². The molecule has 3 heterocycles. The molecule has 0 aromatic carbocycles. The SMILES string of the molecule is CN=C(NCC1(SC)CCOCC1)N1CCN(c2ncccn2)CC1. The average Bonchev–Trinajstić information content (AvgIpc) is 2.70. The maximum atomic E-state index is 5.53. The molecule has 2 aliphatic rings.